The number of nitrogens with two attached hydrogens (primary N) is 1. The number of nitrogens with zero attached hydrogens (tertiary/aromatic N) is 4. The Labute approximate surface area is 237 Å². The van der Waals surface area contributed by atoms with Gasteiger partial charge in [0.05, 0.1) is 17.1 Å². The Morgan fingerprint density at radius 1 is 1.17 bits per heavy atom. The zero-order valence-electron chi connectivity index (χ0n) is 21.7. The molecule has 0 aliphatic rings. The van der Waals surface area contributed by atoms with Crippen LogP contribution in [0.25, 0.3) is 32.6 Å². The predicted molar refractivity (Wildman–Crippen MR) is 143 cm³/mol. The van der Waals surface area contributed by atoms with E-state index in [0.29, 0.717) is 34.7 Å². The molecule has 0 bridgehead atoms. The molecule has 0 fully saturated rings. The monoisotopic (exact) mass is 605 g/mol. The molecule has 0 aliphatic heterocycles. The van der Waals surface area contributed by atoms with Crippen molar-refractivity contribution in [3.8, 4) is 28.1 Å². The number of primary amides is 1. The molecule has 0 saturated heterocycles. The molecule has 0 atom stereocenters. The number of carbonyl (C=O) groups is 2. The highest BCUT2D eigenvalue weighted by molar-refractivity contribution is 7.21. The van der Waals surface area contributed by atoms with Gasteiger partial charge in [0.25, 0.3) is 11.8 Å². The molecule has 0 aliphatic carbocycles. The molecular weight excluding hydrogens is 585 g/mol. The Morgan fingerprint density at radius 2 is 1.88 bits per heavy atom. The Balaban J connectivity index is 1.58. The fraction of sp³-hybridized carbons (Fsp3) is 0.192. The standard InChI is InChI=1S/C26H20F5N7O3S/c1-3-38-10-15(11(2)37-38)14-8-18(26(29,30)31)33-24-19(14)20(21(42-24)22(32)39)34-23(40)17-9-16(35-36-17)12-4-6-13(7-5-12)41-25(27)28/h4-10,25H,3H2,1-2H3,(H2,32,39)(H,34,40)(H,35,36). The maximum atomic E-state index is 13.8. The summed E-state index contributed by atoms with van der Waals surface area (Å²) < 4.78 is 72.1. The lowest BCUT2D eigenvalue weighted by Gasteiger charge is -2.11. The summed E-state index contributed by atoms with van der Waals surface area (Å²) in [6.45, 7) is 0.896. The summed E-state index contributed by atoms with van der Waals surface area (Å²) in [6, 6.07) is 7.74. The van der Waals surface area contributed by atoms with E-state index in [1.54, 1.807) is 17.8 Å². The highest BCUT2D eigenvalue weighted by atomic mass is 32.1. The lowest BCUT2D eigenvalue weighted by molar-refractivity contribution is -0.140. The number of fused-ring (bicyclic) bond motifs is 1. The van der Waals surface area contributed by atoms with Crippen molar-refractivity contribution >= 4 is 39.1 Å². The number of ether oxygens (including phenoxy) is 1. The maximum Gasteiger partial charge on any atom is 0.433 e. The summed E-state index contributed by atoms with van der Waals surface area (Å²) in [4.78, 5) is 29.0. The van der Waals surface area contributed by atoms with Gasteiger partial charge in [-0.25, -0.2) is 4.98 Å². The highest BCUT2D eigenvalue weighted by Gasteiger charge is 2.35. The number of rotatable bonds is 8. The number of pyridine rings is 1. The molecule has 218 valence electrons. The fourth-order valence-electron chi connectivity index (χ4n) is 4.27. The van der Waals surface area contributed by atoms with Gasteiger partial charge < -0.3 is 15.8 Å². The quantitative estimate of drug-likeness (QED) is 0.190. The van der Waals surface area contributed by atoms with E-state index in [4.69, 9.17) is 5.73 Å². The van der Waals surface area contributed by atoms with Crippen LogP contribution in [0.3, 0.4) is 0 Å². The molecule has 16 heteroatoms. The van der Waals surface area contributed by atoms with E-state index in [2.05, 4.69) is 30.3 Å². The van der Waals surface area contributed by atoms with E-state index < -0.39 is 30.3 Å². The smallest absolute Gasteiger partial charge is 0.433 e. The third kappa shape index (κ3) is 5.52. The second-order valence-corrected chi connectivity index (χ2v) is 9.91. The van der Waals surface area contributed by atoms with E-state index in [1.807, 2.05) is 6.92 Å². The number of H-pyrrole nitrogens is 1. The van der Waals surface area contributed by atoms with Gasteiger partial charge in [-0.2, -0.15) is 32.1 Å². The van der Waals surface area contributed by atoms with Gasteiger partial charge in [0, 0.05) is 29.3 Å². The van der Waals surface area contributed by atoms with Crippen LogP contribution in [0, 0.1) is 6.92 Å². The van der Waals surface area contributed by atoms with Gasteiger partial charge in [-0.05, 0) is 55.8 Å². The molecule has 10 nitrogen and oxygen atoms in total. The number of benzene rings is 1. The first-order valence-corrected chi connectivity index (χ1v) is 13.0. The first-order chi connectivity index (χ1) is 19.8. The molecule has 42 heavy (non-hydrogen) atoms. The number of thiophene rings is 1. The van der Waals surface area contributed by atoms with Gasteiger partial charge in [-0.3, -0.25) is 19.4 Å². The summed E-state index contributed by atoms with van der Waals surface area (Å²) >= 11 is 0.616. The summed E-state index contributed by atoms with van der Waals surface area (Å²) in [5.74, 6) is -1.83. The van der Waals surface area contributed by atoms with Crippen LogP contribution in [0.4, 0.5) is 27.6 Å². The molecule has 0 spiro atoms. The van der Waals surface area contributed by atoms with Crippen LogP contribution in [0.5, 0.6) is 5.75 Å². The summed E-state index contributed by atoms with van der Waals surface area (Å²) in [6.07, 6.45) is -3.23. The maximum absolute atomic E-state index is 13.8. The minimum Gasteiger partial charge on any atom is -0.435 e. The number of hydrogen-bond donors (Lipinski definition) is 3. The second kappa shape index (κ2) is 10.8. The Morgan fingerprint density at radius 3 is 2.48 bits per heavy atom. The Bertz CT molecular complexity index is 1810. The van der Waals surface area contributed by atoms with Crippen LogP contribution < -0.4 is 15.8 Å². The van der Waals surface area contributed by atoms with Crippen LogP contribution in [-0.4, -0.2) is 43.4 Å². The van der Waals surface area contributed by atoms with E-state index in [0.717, 1.165) is 6.07 Å². The first-order valence-electron chi connectivity index (χ1n) is 12.2. The van der Waals surface area contributed by atoms with Crippen LogP contribution in [0.2, 0.25) is 0 Å². The van der Waals surface area contributed by atoms with Gasteiger partial charge >= 0.3 is 12.8 Å². The molecule has 4 N–H and O–H groups in total. The lowest BCUT2D eigenvalue weighted by Crippen LogP contribution is -2.17. The Kier molecular flexibility index (Phi) is 7.40. The van der Waals surface area contributed by atoms with Crippen molar-refractivity contribution in [2.24, 2.45) is 5.73 Å². The van der Waals surface area contributed by atoms with Crippen molar-refractivity contribution in [1.82, 2.24) is 25.0 Å². The molecule has 0 saturated carbocycles. The van der Waals surface area contributed by atoms with Crippen molar-refractivity contribution < 1.29 is 36.3 Å². The number of hydrogen-bond acceptors (Lipinski definition) is 7. The second-order valence-electron chi connectivity index (χ2n) is 8.91. The highest BCUT2D eigenvalue weighted by Crippen LogP contribution is 2.44. The van der Waals surface area contributed by atoms with Gasteiger partial charge in [0.1, 0.15) is 26.8 Å². The zero-order valence-corrected chi connectivity index (χ0v) is 22.5. The molecule has 5 aromatic rings. The number of aryl methyl sites for hydroxylation is 2. The van der Waals surface area contributed by atoms with Crippen molar-refractivity contribution in [2.75, 3.05) is 5.32 Å². The molecular formula is C26H20F5N7O3S. The van der Waals surface area contributed by atoms with Crippen molar-refractivity contribution in [3.63, 3.8) is 0 Å². The number of alkyl halides is 5. The van der Waals surface area contributed by atoms with E-state index in [1.165, 1.54) is 30.3 Å². The van der Waals surface area contributed by atoms with Crippen LogP contribution >= 0.6 is 11.3 Å². The fourth-order valence-corrected chi connectivity index (χ4v) is 5.27. The molecule has 4 aromatic heterocycles. The van der Waals surface area contributed by atoms with E-state index in [9.17, 15) is 31.5 Å². The lowest BCUT2D eigenvalue weighted by atomic mass is 10.0. The average molecular weight is 606 g/mol. The SMILES string of the molecule is CCn1cc(-c2cc(C(F)(F)F)nc3sc(C(N)=O)c(NC(=O)c4cc(-c5ccc(OC(F)F)cc5)n[nH]4)c23)c(C)n1. The van der Waals surface area contributed by atoms with Crippen LogP contribution in [-0.2, 0) is 12.7 Å². The first kappa shape index (κ1) is 28.7. The molecule has 2 amide bonds. The third-order valence-corrected chi connectivity index (χ3v) is 7.27. The van der Waals surface area contributed by atoms with Crippen molar-refractivity contribution in [1.29, 1.82) is 0 Å². The van der Waals surface area contributed by atoms with Gasteiger partial charge in [-0.15, -0.1) is 11.3 Å². The van der Waals surface area contributed by atoms with E-state index in [-0.39, 0.29) is 43.5 Å². The van der Waals surface area contributed by atoms with Gasteiger partial charge in [-0.1, -0.05) is 0 Å². The van der Waals surface area contributed by atoms with Gasteiger partial charge in [0.15, 0.2) is 0 Å². The average Bonchev–Trinajstić information content (AvgIpc) is 3.65. The van der Waals surface area contributed by atoms with Crippen molar-refractivity contribution in [2.45, 2.75) is 33.2 Å². The predicted octanol–water partition coefficient (Wildman–Crippen LogP) is 5.85. The number of nitrogens with one attached hydrogen (secondary N) is 2. The number of carbonyl (C=O) groups excluding carboxylic acids is 2. The van der Waals surface area contributed by atoms with Crippen LogP contribution in [0.15, 0.2) is 42.6 Å². The summed E-state index contributed by atoms with van der Waals surface area (Å²) in [5, 5.41) is 13.6. The number of aromatic amines is 1. The largest absolute Gasteiger partial charge is 0.435 e. The number of anilines is 1. The molecule has 5 rings (SSSR count). The molecule has 1 aromatic carbocycles. The van der Waals surface area contributed by atoms with Crippen molar-refractivity contribution in [3.05, 3.63) is 64.6 Å². The normalized spacial score (nSPS) is 11.8. The Hall–Kier alpha value is -4.86. The molecule has 4 heterocycles. The molecule has 0 radical (unpaired) electrons. The minimum atomic E-state index is -4.80. The third-order valence-electron chi connectivity index (χ3n) is 6.17. The number of amides is 2. The van der Waals surface area contributed by atoms with E-state index >= 15 is 0 Å². The van der Waals surface area contributed by atoms with Crippen LogP contribution in [0.1, 0.15) is 38.5 Å². The number of halogens is 5. The minimum absolute atomic E-state index is 0.0555. The topological polar surface area (TPSA) is 141 Å². The summed E-state index contributed by atoms with van der Waals surface area (Å²) in [5.41, 5.74) is 5.78. The molecule has 0 unspecified atom stereocenters. The zero-order chi connectivity index (χ0) is 30.3. The van der Waals surface area contributed by atoms with Gasteiger partial charge in [0.2, 0.25) is 0 Å². The number of aromatic nitrogens is 5. The summed E-state index contributed by atoms with van der Waals surface area (Å²) in [7, 11) is 0.